The van der Waals surface area contributed by atoms with Gasteiger partial charge in [0, 0.05) is 17.7 Å². The van der Waals surface area contributed by atoms with Gasteiger partial charge in [0.1, 0.15) is 6.73 Å². The second-order valence-electron chi connectivity index (χ2n) is 2.34. The fourth-order valence-corrected chi connectivity index (χ4v) is 1.27. The highest BCUT2D eigenvalue weighted by Crippen LogP contribution is 2.16. The standard InChI is InChI=1S/C9H13NOS/c1-11-7-10-8-3-5-9(12-2)6-4-8/h3-6,10H,7H2,1-2H3. The highest BCUT2D eigenvalue weighted by atomic mass is 32.2. The van der Waals surface area contributed by atoms with Crippen LogP contribution >= 0.6 is 11.8 Å². The van der Waals surface area contributed by atoms with Crippen LogP contribution < -0.4 is 5.32 Å². The molecule has 0 saturated carbocycles. The Hall–Kier alpha value is -0.670. The lowest BCUT2D eigenvalue weighted by atomic mass is 10.3. The molecule has 0 aliphatic rings. The average molecular weight is 183 g/mol. The van der Waals surface area contributed by atoms with Crippen LogP contribution in [0.1, 0.15) is 0 Å². The van der Waals surface area contributed by atoms with Crippen LogP contribution in [0, 0.1) is 0 Å². The Morgan fingerprint density at radius 2 is 2.00 bits per heavy atom. The van der Waals surface area contributed by atoms with Crippen molar-refractivity contribution in [1.29, 1.82) is 0 Å². The first kappa shape index (κ1) is 9.42. The number of methoxy groups -OCH3 is 1. The van der Waals surface area contributed by atoms with E-state index in [1.165, 1.54) is 4.90 Å². The zero-order valence-electron chi connectivity index (χ0n) is 7.33. The minimum Gasteiger partial charge on any atom is -0.365 e. The van der Waals surface area contributed by atoms with E-state index in [9.17, 15) is 0 Å². The van der Waals surface area contributed by atoms with E-state index in [1.54, 1.807) is 18.9 Å². The van der Waals surface area contributed by atoms with Gasteiger partial charge in [-0.1, -0.05) is 0 Å². The minimum atomic E-state index is 0.554. The molecule has 0 amide bonds. The molecule has 0 atom stereocenters. The number of anilines is 1. The first-order valence-electron chi connectivity index (χ1n) is 3.73. The topological polar surface area (TPSA) is 21.3 Å². The molecule has 0 spiro atoms. The molecule has 0 radical (unpaired) electrons. The number of nitrogens with one attached hydrogen (secondary N) is 1. The van der Waals surface area contributed by atoms with Gasteiger partial charge < -0.3 is 10.1 Å². The minimum absolute atomic E-state index is 0.554. The second kappa shape index (κ2) is 5.06. The molecule has 1 N–H and O–H groups in total. The van der Waals surface area contributed by atoms with Gasteiger partial charge in [0.25, 0.3) is 0 Å². The Bertz CT molecular complexity index is 222. The summed E-state index contributed by atoms with van der Waals surface area (Å²) in [5.41, 5.74) is 1.09. The molecule has 0 heterocycles. The smallest absolute Gasteiger partial charge is 0.116 e. The van der Waals surface area contributed by atoms with Crippen molar-refractivity contribution in [3.8, 4) is 0 Å². The molecular weight excluding hydrogens is 170 g/mol. The monoisotopic (exact) mass is 183 g/mol. The van der Waals surface area contributed by atoms with Crippen molar-refractivity contribution in [2.45, 2.75) is 4.90 Å². The number of hydrogen-bond donors (Lipinski definition) is 1. The lowest BCUT2D eigenvalue weighted by Crippen LogP contribution is -2.02. The molecule has 1 aromatic rings. The number of rotatable bonds is 4. The fraction of sp³-hybridized carbons (Fsp3) is 0.333. The van der Waals surface area contributed by atoms with Crippen LogP contribution in [0.15, 0.2) is 29.2 Å². The van der Waals surface area contributed by atoms with E-state index in [0.717, 1.165) is 5.69 Å². The van der Waals surface area contributed by atoms with Gasteiger partial charge in [0.15, 0.2) is 0 Å². The van der Waals surface area contributed by atoms with Gasteiger partial charge in [-0.3, -0.25) is 0 Å². The third-order valence-electron chi connectivity index (χ3n) is 1.51. The van der Waals surface area contributed by atoms with Crippen molar-refractivity contribution in [1.82, 2.24) is 0 Å². The average Bonchev–Trinajstić information content (AvgIpc) is 2.15. The van der Waals surface area contributed by atoms with Gasteiger partial charge in [-0.15, -0.1) is 11.8 Å². The highest BCUT2D eigenvalue weighted by molar-refractivity contribution is 7.98. The summed E-state index contributed by atoms with van der Waals surface area (Å²) < 4.78 is 4.89. The molecule has 66 valence electrons. The molecule has 0 aromatic heterocycles. The molecule has 2 nitrogen and oxygen atoms in total. The van der Waals surface area contributed by atoms with Crippen LogP contribution in [0.25, 0.3) is 0 Å². The van der Waals surface area contributed by atoms with Gasteiger partial charge in [-0.05, 0) is 30.5 Å². The van der Waals surface area contributed by atoms with Gasteiger partial charge in [0.2, 0.25) is 0 Å². The lowest BCUT2D eigenvalue weighted by Gasteiger charge is -2.04. The van der Waals surface area contributed by atoms with E-state index >= 15 is 0 Å². The molecule has 3 heteroatoms. The van der Waals surface area contributed by atoms with Crippen LogP contribution in [0.5, 0.6) is 0 Å². The van der Waals surface area contributed by atoms with E-state index < -0.39 is 0 Å². The Labute approximate surface area is 77.3 Å². The summed E-state index contributed by atoms with van der Waals surface area (Å²) >= 11 is 1.74. The van der Waals surface area contributed by atoms with Crippen molar-refractivity contribution in [3.63, 3.8) is 0 Å². The number of thioether (sulfide) groups is 1. The summed E-state index contributed by atoms with van der Waals surface area (Å²) in [6.45, 7) is 0.554. The molecule has 1 aromatic carbocycles. The first-order chi connectivity index (χ1) is 5.86. The largest absolute Gasteiger partial charge is 0.365 e. The van der Waals surface area contributed by atoms with Gasteiger partial charge >= 0.3 is 0 Å². The summed E-state index contributed by atoms with van der Waals surface area (Å²) in [5, 5.41) is 3.11. The Balaban J connectivity index is 2.53. The maximum Gasteiger partial charge on any atom is 0.116 e. The predicted molar refractivity (Wildman–Crippen MR) is 53.7 cm³/mol. The van der Waals surface area contributed by atoms with Crippen molar-refractivity contribution >= 4 is 17.4 Å². The van der Waals surface area contributed by atoms with E-state index in [1.807, 2.05) is 12.1 Å². The summed E-state index contributed by atoms with van der Waals surface area (Å²) in [7, 11) is 1.67. The Kier molecular flexibility index (Phi) is 3.97. The predicted octanol–water partition coefficient (Wildman–Crippen LogP) is 2.42. The zero-order valence-corrected chi connectivity index (χ0v) is 8.15. The number of benzene rings is 1. The summed E-state index contributed by atoms with van der Waals surface area (Å²) in [4.78, 5) is 1.28. The number of ether oxygens (including phenoxy) is 1. The number of hydrogen-bond acceptors (Lipinski definition) is 3. The Morgan fingerprint density at radius 1 is 1.33 bits per heavy atom. The molecule has 0 unspecified atom stereocenters. The molecule has 0 bridgehead atoms. The first-order valence-corrected chi connectivity index (χ1v) is 4.96. The van der Waals surface area contributed by atoms with Gasteiger partial charge in [0.05, 0.1) is 0 Å². The molecule has 0 aliphatic carbocycles. The SMILES string of the molecule is COCNc1ccc(SC)cc1. The molecule has 0 fully saturated rings. The van der Waals surface area contributed by atoms with E-state index in [4.69, 9.17) is 4.74 Å². The van der Waals surface area contributed by atoms with Gasteiger partial charge in [-0.2, -0.15) is 0 Å². The van der Waals surface area contributed by atoms with E-state index in [2.05, 4.69) is 23.7 Å². The van der Waals surface area contributed by atoms with Crippen LogP contribution in [0.2, 0.25) is 0 Å². The van der Waals surface area contributed by atoms with Crippen LogP contribution in [-0.4, -0.2) is 20.1 Å². The maximum absolute atomic E-state index is 4.89. The third kappa shape index (κ3) is 2.75. The lowest BCUT2D eigenvalue weighted by molar-refractivity contribution is 0.221. The summed E-state index contributed by atoms with van der Waals surface area (Å²) in [6.07, 6.45) is 2.07. The van der Waals surface area contributed by atoms with Crippen LogP contribution in [0.3, 0.4) is 0 Å². The fourth-order valence-electron chi connectivity index (χ4n) is 0.864. The van der Waals surface area contributed by atoms with Crippen LogP contribution in [-0.2, 0) is 4.74 Å². The second-order valence-corrected chi connectivity index (χ2v) is 3.22. The molecule has 12 heavy (non-hydrogen) atoms. The third-order valence-corrected chi connectivity index (χ3v) is 2.25. The van der Waals surface area contributed by atoms with E-state index in [0.29, 0.717) is 6.73 Å². The normalized spacial score (nSPS) is 9.83. The van der Waals surface area contributed by atoms with E-state index in [-0.39, 0.29) is 0 Å². The quantitative estimate of drug-likeness (QED) is 0.572. The molecule has 0 aliphatic heterocycles. The zero-order chi connectivity index (χ0) is 8.81. The summed E-state index contributed by atoms with van der Waals surface area (Å²) in [5.74, 6) is 0. The van der Waals surface area contributed by atoms with Crippen molar-refractivity contribution in [3.05, 3.63) is 24.3 Å². The molecule has 0 saturated heterocycles. The molecular formula is C9H13NOS. The van der Waals surface area contributed by atoms with Gasteiger partial charge in [-0.25, -0.2) is 0 Å². The maximum atomic E-state index is 4.89. The van der Waals surface area contributed by atoms with Crippen molar-refractivity contribution in [2.24, 2.45) is 0 Å². The Morgan fingerprint density at radius 3 is 2.50 bits per heavy atom. The molecule has 1 rings (SSSR count). The highest BCUT2D eigenvalue weighted by Gasteiger charge is 1.90. The van der Waals surface area contributed by atoms with Crippen molar-refractivity contribution < 1.29 is 4.74 Å². The van der Waals surface area contributed by atoms with Crippen LogP contribution in [0.4, 0.5) is 5.69 Å². The van der Waals surface area contributed by atoms with Crippen molar-refractivity contribution in [2.75, 3.05) is 25.4 Å². The summed E-state index contributed by atoms with van der Waals surface area (Å²) in [6, 6.07) is 8.26.